The second kappa shape index (κ2) is 22.4. The van der Waals surface area contributed by atoms with Crippen LogP contribution in [0.15, 0.2) is 78.3 Å². The van der Waals surface area contributed by atoms with Gasteiger partial charge >= 0.3 is 0 Å². The lowest BCUT2D eigenvalue weighted by Gasteiger charge is -2.27. The number of imidazole rings is 1. The van der Waals surface area contributed by atoms with Crippen molar-refractivity contribution in [1.82, 2.24) is 41.5 Å². The third-order valence-corrected chi connectivity index (χ3v) is 9.68. The zero-order chi connectivity index (χ0) is 43.8. The fourth-order valence-electron chi connectivity index (χ4n) is 6.50. The number of benzene rings is 2. The summed E-state index contributed by atoms with van der Waals surface area (Å²) in [6.45, 7) is 5.30. The minimum Gasteiger partial charge on any atom is -0.370 e. The van der Waals surface area contributed by atoms with Gasteiger partial charge in [0.2, 0.25) is 35.4 Å². The summed E-state index contributed by atoms with van der Waals surface area (Å²) in [4.78, 5) is 94.6. The largest absolute Gasteiger partial charge is 0.370 e. The number of guanidine groups is 1. The van der Waals surface area contributed by atoms with E-state index in [1.54, 1.807) is 30.5 Å². The molecule has 0 aliphatic heterocycles. The van der Waals surface area contributed by atoms with Crippen molar-refractivity contribution in [3.8, 4) is 0 Å². The molecule has 2 heterocycles. The number of hydrogen-bond donors (Lipinski definition) is 11. The number of fused-ring (bicyclic) bond motifs is 1. The van der Waals surface area contributed by atoms with Crippen molar-refractivity contribution in [2.24, 2.45) is 33.8 Å². The van der Waals surface area contributed by atoms with Crippen LogP contribution in [-0.2, 0) is 48.0 Å². The van der Waals surface area contributed by atoms with Crippen molar-refractivity contribution >= 4 is 52.3 Å². The molecule has 60 heavy (non-hydrogen) atoms. The number of hydrogen-bond acceptors (Lipinski definition) is 9. The molecule has 0 fully saturated rings. The Morgan fingerprint density at radius 3 is 2.00 bits per heavy atom. The number of aliphatic imine (C=N–C) groups is 1. The van der Waals surface area contributed by atoms with Gasteiger partial charge in [-0.15, -0.1) is 0 Å². The van der Waals surface area contributed by atoms with Gasteiger partial charge in [-0.25, -0.2) is 4.98 Å². The molecule has 6 atom stereocenters. The summed E-state index contributed by atoms with van der Waals surface area (Å²) in [7, 11) is 0. The molecule has 2 aromatic heterocycles. The number of nitrogens with two attached hydrogens (primary N) is 4. The van der Waals surface area contributed by atoms with Crippen LogP contribution in [0.5, 0.6) is 0 Å². The number of nitrogens with zero attached hydrogens (tertiary/aromatic N) is 2. The van der Waals surface area contributed by atoms with Crippen molar-refractivity contribution in [2.45, 2.75) is 95.5 Å². The van der Waals surface area contributed by atoms with Gasteiger partial charge in [-0.3, -0.25) is 33.8 Å². The van der Waals surface area contributed by atoms with Gasteiger partial charge in [0.25, 0.3) is 0 Å². The average Bonchev–Trinajstić information content (AvgIpc) is 3.88. The lowest BCUT2D eigenvalue weighted by molar-refractivity contribution is -0.135. The molecule has 4 rings (SSSR count). The molecule has 0 saturated carbocycles. The monoisotopic (exact) mass is 827 g/mol. The van der Waals surface area contributed by atoms with Crippen LogP contribution in [0.2, 0.25) is 0 Å². The second-order valence-electron chi connectivity index (χ2n) is 15.1. The highest BCUT2D eigenvalue weighted by Gasteiger charge is 2.32. The fraction of sp³-hybridized carbons (Fsp3) is 0.415. The van der Waals surface area contributed by atoms with Gasteiger partial charge in [0.15, 0.2) is 5.96 Å². The number of carbonyl (C=O) groups is 6. The Bertz CT molecular complexity index is 2080. The molecule has 15 N–H and O–H groups in total. The standard InChI is InChI=1S/C41H57N13O6/c1-23(2)16-33(40(60)51-31(14-9-15-47-41(44)45)38(58)52-32(35(43)55)17-25-10-5-4-6-11-25)53-36(56)24(3)50-39(59)34(19-27-21-46-22-49-27)54-37(57)29(42)18-26-20-48-30-13-8-7-12-28(26)30/h4-8,10-13,20-24,29,31-34,48H,9,14-19,42H2,1-3H3,(H2,43,55)(H,46,49)(H,50,59)(H,51,60)(H,52,58)(H,53,56)(H,54,57)(H4,44,45,47)/t24-,29-,31-,32-,33-,34-/m0/s1. The van der Waals surface area contributed by atoms with E-state index in [2.05, 4.69) is 46.5 Å². The van der Waals surface area contributed by atoms with Crippen LogP contribution in [0.3, 0.4) is 0 Å². The molecule has 19 nitrogen and oxygen atoms in total. The first-order valence-corrected chi connectivity index (χ1v) is 19.8. The van der Waals surface area contributed by atoms with E-state index in [0.717, 1.165) is 22.0 Å². The highest BCUT2D eigenvalue weighted by atomic mass is 16.2. The molecular formula is C41H57N13O6. The Labute approximate surface area is 348 Å². The number of carbonyl (C=O) groups excluding carboxylic acids is 6. The maximum atomic E-state index is 13.9. The molecule has 0 aliphatic carbocycles. The van der Waals surface area contributed by atoms with E-state index >= 15 is 0 Å². The Hall–Kier alpha value is -6.76. The van der Waals surface area contributed by atoms with Crippen molar-refractivity contribution in [3.05, 3.63) is 90.1 Å². The minimum absolute atomic E-state index is 0.0126. The number of aromatic nitrogens is 3. The third-order valence-electron chi connectivity index (χ3n) is 9.68. The number of rotatable bonds is 23. The van der Waals surface area contributed by atoms with Gasteiger partial charge in [-0.05, 0) is 55.7 Å². The van der Waals surface area contributed by atoms with Crippen LogP contribution >= 0.6 is 0 Å². The molecular weight excluding hydrogens is 771 g/mol. The summed E-state index contributed by atoms with van der Waals surface area (Å²) >= 11 is 0. The van der Waals surface area contributed by atoms with E-state index < -0.39 is 71.7 Å². The Balaban J connectivity index is 1.43. The predicted molar refractivity (Wildman–Crippen MR) is 226 cm³/mol. The van der Waals surface area contributed by atoms with Crippen LogP contribution in [0.4, 0.5) is 0 Å². The summed E-state index contributed by atoms with van der Waals surface area (Å²) in [5.41, 5.74) is 25.9. The highest BCUT2D eigenvalue weighted by molar-refractivity contribution is 5.96. The molecule has 19 heteroatoms. The maximum absolute atomic E-state index is 13.9. The van der Waals surface area contributed by atoms with E-state index in [1.165, 1.54) is 19.4 Å². The van der Waals surface area contributed by atoms with Gasteiger partial charge in [0.1, 0.15) is 30.2 Å². The van der Waals surface area contributed by atoms with Gasteiger partial charge in [-0.1, -0.05) is 62.4 Å². The molecule has 4 aromatic rings. The molecule has 0 aliphatic rings. The number of H-pyrrole nitrogens is 2. The van der Waals surface area contributed by atoms with E-state index in [9.17, 15) is 28.8 Å². The van der Waals surface area contributed by atoms with Gasteiger partial charge in [-0.2, -0.15) is 0 Å². The number of aromatic amines is 2. The fourth-order valence-corrected chi connectivity index (χ4v) is 6.50. The normalized spacial score (nSPS) is 14.2. The smallest absolute Gasteiger partial charge is 0.243 e. The van der Waals surface area contributed by atoms with Crippen molar-refractivity contribution < 1.29 is 28.8 Å². The quantitative estimate of drug-likeness (QED) is 0.0253. The van der Waals surface area contributed by atoms with E-state index in [0.29, 0.717) is 5.69 Å². The zero-order valence-corrected chi connectivity index (χ0v) is 34.1. The summed E-state index contributed by atoms with van der Waals surface area (Å²) in [5.74, 6) is -4.30. The molecule has 0 bridgehead atoms. The van der Waals surface area contributed by atoms with Crippen LogP contribution in [-0.4, -0.2) is 99.2 Å². The second-order valence-corrected chi connectivity index (χ2v) is 15.1. The molecule has 0 radical (unpaired) electrons. The summed E-state index contributed by atoms with van der Waals surface area (Å²) in [5, 5.41) is 14.4. The third kappa shape index (κ3) is 14.3. The number of primary amides is 1. The first kappa shape index (κ1) is 45.9. The van der Waals surface area contributed by atoms with Crippen LogP contribution in [0, 0.1) is 5.92 Å². The number of nitrogens with one attached hydrogen (secondary N) is 7. The average molecular weight is 828 g/mol. The van der Waals surface area contributed by atoms with Crippen molar-refractivity contribution in [3.63, 3.8) is 0 Å². The Morgan fingerprint density at radius 2 is 1.33 bits per heavy atom. The molecule has 6 amide bonds. The molecule has 0 saturated heterocycles. The molecule has 2 aromatic carbocycles. The summed E-state index contributed by atoms with van der Waals surface area (Å²) < 4.78 is 0. The maximum Gasteiger partial charge on any atom is 0.243 e. The highest BCUT2D eigenvalue weighted by Crippen LogP contribution is 2.19. The van der Waals surface area contributed by atoms with E-state index in [1.807, 2.05) is 44.2 Å². The van der Waals surface area contributed by atoms with Crippen LogP contribution in [0.25, 0.3) is 10.9 Å². The lowest BCUT2D eigenvalue weighted by Crippen LogP contribution is -2.59. The topological polar surface area (TPSA) is 323 Å². The van der Waals surface area contributed by atoms with Crippen LogP contribution < -0.4 is 49.5 Å². The van der Waals surface area contributed by atoms with Gasteiger partial charge in [0, 0.05) is 48.4 Å². The molecule has 0 spiro atoms. The molecule has 0 unspecified atom stereocenters. The summed E-state index contributed by atoms with van der Waals surface area (Å²) in [6.07, 6.45) is 5.60. The SMILES string of the molecule is CC(C)C[C@H](NC(=O)[C@H](C)NC(=O)[C@H](Cc1cnc[nH]1)NC(=O)[C@@H](N)Cc1c[nH]c2ccccc12)C(=O)N[C@@H](CCCN=C(N)N)C(=O)N[C@@H](Cc1ccccc1)C(N)=O. The first-order chi connectivity index (χ1) is 28.6. The Kier molecular flexibility index (Phi) is 17.2. The number of amides is 6. The van der Waals surface area contributed by atoms with Gasteiger partial charge < -0.3 is 59.5 Å². The van der Waals surface area contributed by atoms with Crippen molar-refractivity contribution in [1.29, 1.82) is 0 Å². The number of para-hydroxylation sites is 1. The van der Waals surface area contributed by atoms with Crippen molar-refractivity contribution in [2.75, 3.05) is 6.54 Å². The lowest BCUT2D eigenvalue weighted by atomic mass is 10.0. The zero-order valence-electron chi connectivity index (χ0n) is 34.1. The van der Waals surface area contributed by atoms with E-state index in [-0.39, 0.29) is 56.9 Å². The van der Waals surface area contributed by atoms with Gasteiger partial charge in [0.05, 0.1) is 12.4 Å². The molecule has 322 valence electrons. The minimum atomic E-state index is -1.17. The van der Waals surface area contributed by atoms with E-state index in [4.69, 9.17) is 22.9 Å². The van der Waals surface area contributed by atoms with Crippen LogP contribution in [0.1, 0.15) is 56.9 Å². The summed E-state index contributed by atoms with van der Waals surface area (Å²) in [6, 6.07) is 9.88. The first-order valence-electron chi connectivity index (χ1n) is 19.8. The Morgan fingerprint density at radius 1 is 0.700 bits per heavy atom. The predicted octanol–water partition coefficient (Wildman–Crippen LogP) is -0.725.